The van der Waals surface area contributed by atoms with Crippen LogP contribution in [-0.2, 0) is 6.61 Å². The summed E-state index contributed by atoms with van der Waals surface area (Å²) in [5.74, 6) is -0.329. The molecular formula is C19H14ClFN2O6. The fourth-order valence-corrected chi connectivity index (χ4v) is 2.62. The van der Waals surface area contributed by atoms with Gasteiger partial charge in [-0.1, -0.05) is 11.6 Å². The van der Waals surface area contributed by atoms with Crippen molar-refractivity contribution in [3.8, 4) is 11.5 Å². The number of rotatable bonds is 7. The average molecular weight is 421 g/mol. The summed E-state index contributed by atoms with van der Waals surface area (Å²) in [7, 11) is 1.33. The van der Waals surface area contributed by atoms with Crippen LogP contribution in [0.25, 0.3) is 0 Å². The number of amides is 1. The van der Waals surface area contributed by atoms with Gasteiger partial charge >= 0.3 is 0 Å². The Morgan fingerprint density at radius 2 is 2.00 bits per heavy atom. The minimum atomic E-state index is -0.580. The first-order valence-electron chi connectivity index (χ1n) is 8.17. The zero-order valence-electron chi connectivity index (χ0n) is 15.0. The predicted octanol–water partition coefficient (Wildman–Crippen LogP) is 4.82. The van der Waals surface area contributed by atoms with Crippen LogP contribution < -0.4 is 14.8 Å². The number of nitrogens with one attached hydrogen (secondary N) is 1. The Kier molecular flexibility index (Phi) is 5.99. The van der Waals surface area contributed by atoms with Crippen molar-refractivity contribution in [3.63, 3.8) is 0 Å². The van der Waals surface area contributed by atoms with Crippen LogP contribution in [0.4, 0.5) is 15.8 Å². The number of anilines is 1. The Morgan fingerprint density at radius 3 is 2.69 bits per heavy atom. The number of benzene rings is 2. The number of nitro benzene ring substituents is 1. The molecule has 10 heteroatoms. The lowest BCUT2D eigenvalue weighted by atomic mass is 10.2. The lowest BCUT2D eigenvalue weighted by Crippen LogP contribution is -2.12. The second-order valence-corrected chi connectivity index (χ2v) is 6.13. The van der Waals surface area contributed by atoms with Crippen molar-refractivity contribution in [2.45, 2.75) is 6.61 Å². The van der Waals surface area contributed by atoms with E-state index in [4.69, 9.17) is 25.5 Å². The Bertz CT molecular complexity index is 1070. The van der Waals surface area contributed by atoms with E-state index in [0.717, 1.165) is 6.07 Å². The molecule has 0 saturated carbocycles. The highest BCUT2D eigenvalue weighted by Crippen LogP contribution is 2.30. The van der Waals surface area contributed by atoms with Gasteiger partial charge in [0.25, 0.3) is 11.6 Å². The summed E-state index contributed by atoms with van der Waals surface area (Å²) < 4.78 is 29.0. The first-order valence-corrected chi connectivity index (χ1v) is 8.55. The summed E-state index contributed by atoms with van der Waals surface area (Å²) in [6.45, 7) is -0.0283. The van der Waals surface area contributed by atoms with Gasteiger partial charge in [0, 0.05) is 6.07 Å². The van der Waals surface area contributed by atoms with Crippen molar-refractivity contribution >= 4 is 28.9 Å². The van der Waals surface area contributed by atoms with E-state index in [1.807, 2.05) is 0 Å². The van der Waals surface area contributed by atoms with Gasteiger partial charge < -0.3 is 19.2 Å². The maximum Gasteiger partial charge on any atom is 0.291 e. The molecule has 2 aromatic carbocycles. The molecule has 3 aromatic rings. The molecule has 0 radical (unpaired) electrons. The molecule has 0 spiro atoms. The highest BCUT2D eigenvalue weighted by molar-refractivity contribution is 6.32. The number of halogens is 2. The summed E-state index contributed by atoms with van der Waals surface area (Å²) >= 11 is 5.89. The molecule has 0 fully saturated rings. The average Bonchev–Trinajstić information content (AvgIpc) is 3.16. The summed E-state index contributed by atoms with van der Waals surface area (Å²) in [6.07, 6.45) is 0. The SMILES string of the molecule is COc1cc([N+](=O)[O-])ccc1NC(=O)c1ccc(COc2ccc(F)cc2Cl)o1. The van der Waals surface area contributed by atoms with Gasteiger partial charge in [-0.05, 0) is 36.4 Å². The second kappa shape index (κ2) is 8.61. The molecule has 0 aliphatic carbocycles. The molecule has 1 aromatic heterocycles. The monoisotopic (exact) mass is 420 g/mol. The van der Waals surface area contributed by atoms with E-state index in [1.54, 1.807) is 6.07 Å². The first kappa shape index (κ1) is 20.2. The van der Waals surface area contributed by atoms with Crippen molar-refractivity contribution < 1.29 is 28.0 Å². The normalized spacial score (nSPS) is 10.4. The number of hydrogen-bond acceptors (Lipinski definition) is 6. The van der Waals surface area contributed by atoms with E-state index in [2.05, 4.69) is 5.32 Å². The van der Waals surface area contributed by atoms with Crippen molar-refractivity contribution in [1.29, 1.82) is 0 Å². The van der Waals surface area contributed by atoms with Gasteiger partial charge in [0.05, 0.1) is 28.8 Å². The van der Waals surface area contributed by atoms with Crippen molar-refractivity contribution in [2.24, 2.45) is 0 Å². The van der Waals surface area contributed by atoms with Crippen molar-refractivity contribution in [2.75, 3.05) is 12.4 Å². The van der Waals surface area contributed by atoms with Crippen LogP contribution in [0.3, 0.4) is 0 Å². The number of nitro groups is 1. The number of hydrogen-bond donors (Lipinski definition) is 1. The summed E-state index contributed by atoms with van der Waals surface area (Å²) in [6, 6.07) is 10.5. The van der Waals surface area contributed by atoms with E-state index in [-0.39, 0.29) is 40.3 Å². The number of carbonyl (C=O) groups is 1. The zero-order chi connectivity index (χ0) is 21.0. The highest BCUT2D eigenvalue weighted by atomic mass is 35.5. The number of non-ortho nitro benzene ring substituents is 1. The zero-order valence-corrected chi connectivity index (χ0v) is 15.7. The minimum Gasteiger partial charge on any atom is -0.494 e. The third-order valence-corrected chi connectivity index (χ3v) is 4.09. The number of nitrogens with zero attached hydrogens (tertiary/aromatic N) is 1. The van der Waals surface area contributed by atoms with E-state index in [9.17, 15) is 19.3 Å². The van der Waals surface area contributed by atoms with E-state index < -0.39 is 16.6 Å². The molecule has 0 bridgehead atoms. The second-order valence-electron chi connectivity index (χ2n) is 5.73. The van der Waals surface area contributed by atoms with Gasteiger partial charge in [-0.25, -0.2) is 4.39 Å². The van der Waals surface area contributed by atoms with Gasteiger partial charge in [0.1, 0.15) is 29.7 Å². The maximum absolute atomic E-state index is 13.1. The lowest BCUT2D eigenvalue weighted by molar-refractivity contribution is -0.384. The molecule has 8 nitrogen and oxygen atoms in total. The fourth-order valence-electron chi connectivity index (χ4n) is 2.40. The third kappa shape index (κ3) is 4.82. The molecule has 29 heavy (non-hydrogen) atoms. The Hall–Kier alpha value is -3.59. The van der Waals surface area contributed by atoms with E-state index in [0.29, 0.717) is 5.76 Å². The van der Waals surface area contributed by atoms with Gasteiger partial charge in [-0.2, -0.15) is 0 Å². The van der Waals surface area contributed by atoms with Crippen molar-refractivity contribution in [1.82, 2.24) is 0 Å². The predicted molar refractivity (Wildman–Crippen MR) is 102 cm³/mol. The van der Waals surface area contributed by atoms with Crippen molar-refractivity contribution in [3.05, 3.63) is 81.0 Å². The number of methoxy groups -OCH3 is 1. The molecule has 0 saturated heterocycles. The van der Waals surface area contributed by atoms with Crippen LogP contribution in [0, 0.1) is 15.9 Å². The standard InChI is InChI=1S/C19H14ClFN2O6/c1-27-18-9-12(23(25)26)3-5-15(18)22-19(24)17-7-4-13(29-17)10-28-16-6-2-11(21)8-14(16)20/h2-9H,10H2,1H3,(H,22,24). The molecular weight excluding hydrogens is 407 g/mol. The van der Waals surface area contributed by atoms with Gasteiger partial charge in [0.2, 0.25) is 0 Å². The number of carbonyl (C=O) groups excluding carboxylic acids is 1. The number of furan rings is 1. The van der Waals surface area contributed by atoms with Gasteiger partial charge in [0.15, 0.2) is 5.76 Å². The molecule has 1 heterocycles. The topological polar surface area (TPSA) is 104 Å². The Balaban J connectivity index is 1.67. The largest absolute Gasteiger partial charge is 0.494 e. The van der Waals surface area contributed by atoms with E-state index in [1.165, 1.54) is 43.5 Å². The fraction of sp³-hybridized carbons (Fsp3) is 0.105. The molecule has 1 N–H and O–H groups in total. The van der Waals surface area contributed by atoms with Crippen LogP contribution in [0.2, 0.25) is 5.02 Å². The van der Waals surface area contributed by atoms with Gasteiger partial charge in [-0.15, -0.1) is 0 Å². The van der Waals surface area contributed by atoms with Gasteiger partial charge in [-0.3, -0.25) is 14.9 Å². The third-order valence-electron chi connectivity index (χ3n) is 3.79. The van der Waals surface area contributed by atoms with Crippen LogP contribution in [0.15, 0.2) is 52.9 Å². The maximum atomic E-state index is 13.1. The minimum absolute atomic E-state index is 0.00536. The number of ether oxygens (including phenoxy) is 2. The van der Waals surface area contributed by atoms with Crippen LogP contribution in [0.1, 0.15) is 16.3 Å². The van der Waals surface area contributed by atoms with Crippen LogP contribution in [-0.4, -0.2) is 17.9 Å². The Morgan fingerprint density at radius 1 is 1.21 bits per heavy atom. The first-order chi connectivity index (χ1) is 13.9. The van der Waals surface area contributed by atoms with Crippen LogP contribution >= 0.6 is 11.6 Å². The quantitative estimate of drug-likeness (QED) is 0.434. The summed E-state index contributed by atoms with van der Waals surface area (Å²) in [5, 5.41) is 13.5. The summed E-state index contributed by atoms with van der Waals surface area (Å²) in [5.41, 5.74) is 0.0760. The van der Waals surface area contributed by atoms with Crippen LogP contribution in [0.5, 0.6) is 11.5 Å². The lowest BCUT2D eigenvalue weighted by Gasteiger charge is -2.09. The smallest absolute Gasteiger partial charge is 0.291 e. The highest BCUT2D eigenvalue weighted by Gasteiger charge is 2.17. The Labute approximate surface area is 168 Å². The molecule has 0 unspecified atom stereocenters. The molecule has 1 amide bonds. The molecule has 0 aliphatic rings. The van der Waals surface area contributed by atoms with E-state index >= 15 is 0 Å². The molecule has 0 atom stereocenters. The molecule has 0 aliphatic heterocycles. The molecule has 150 valence electrons. The molecule has 3 rings (SSSR count). The summed E-state index contributed by atoms with van der Waals surface area (Å²) in [4.78, 5) is 22.7.